The van der Waals surface area contributed by atoms with Crippen molar-refractivity contribution in [2.24, 2.45) is 5.92 Å². The summed E-state index contributed by atoms with van der Waals surface area (Å²) in [5.41, 5.74) is 4.65. The molecule has 184 valence electrons. The van der Waals surface area contributed by atoms with Crippen molar-refractivity contribution in [2.75, 3.05) is 11.1 Å². The minimum Gasteiger partial charge on any atom is -0.342 e. The number of benzene rings is 2. The minimum atomic E-state index is -0.352. The average molecular weight is 492 g/mol. The third-order valence-electron chi connectivity index (χ3n) is 5.44. The Morgan fingerprint density at radius 1 is 1.03 bits per heavy atom. The van der Waals surface area contributed by atoms with Crippen molar-refractivity contribution < 1.29 is 9.59 Å². The number of allylic oxidation sites excluding steroid dienone is 1. The van der Waals surface area contributed by atoms with Crippen LogP contribution in [0.15, 0.2) is 60.3 Å². The van der Waals surface area contributed by atoms with Crippen LogP contribution >= 0.6 is 11.8 Å². The van der Waals surface area contributed by atoms with E-state index in [2.05, 4.69) is 33.5 Å². The number of hydrogen-bond acceptors (Lipinski definition) is 5. The van der Waals surface area contributed by atoms with E-state index in [0.717, 1.165) is 22.4 Å². The van der Waals surface area contributed by atoms with Crippen LogP contribution in [0.25, 0.3) is 0 Å². The number of carbonyl (C=O) groups excluding carboxylic acids is 2. The van der Waals surface area contributed by atoms with Gasteiger partial charge in [-0.1, -0.05) is 55.4 Å². The number of amides is 2. The van der Waals surface area contributed by atoms with Crippen LogP contribution in [0.3, 0.4) is 0 Å². The summed E-state index contributed by atoms with van der Waals surface area (Å²) >= 11 is 1.31. The SMILES string of the molecule is C=CCn1c(SCC(=O)Nc2cc(C)cc(C)c2)nnc1[C@H](NC(=O)c1ccc(C)cc1)C(C)C. The van der Waals surface area contributed by atoms with Gasteiger partial charge in [0.25, 0.3) is 5.91 Å². The molecule has 0 spiro atoms. The van der Waals surface area contributed by atoms with Gasteiger partial charge in [-0.05, 0) is 62.1 Å². The van der Waals surface area contributed by atoms with E-state index in [9.17, 15) is 9.59 Å². The molecule has 0 aliphatic carbocycles. The average Bonchev–Trinajstić information content (AvgIpc) is 3.18. The number of nitrogens with zero attached hydrogens (tertiary/aromatic N) is 3. The first kappa shape index (κ1) is 26.2. The number of aryl methyl sites for hydroxylation is 3. The van der Waals surface area contributed by atoms with Crippen LogP contribution in [-0.2, 0) is 11.3 Å². The zero-order chi connectivity index (χ0) is 25.5. The van der Waals surface area contributed by atoms with E-state index in [1.807, 2.05) is 75.6 Å². The van der Waals surface area contributed by atoms with Gasteiger partial charge in [0, 0.05) is 17.8 Å². The molecule has 1 heterocycles. The lowest BCUT2D eigenvalue weighted by Gasteiger charge is -2.22. The molecule has 3 rings (SSSR count). The second-order valence-electron chi connectivity index (χ2n) is 9.01. The molecule has 0 bridgehead atoms. The van der Waals surface area contributed by atoms with Gasteiger partial charge >= 0.3 is 0 Å². The standard InChI is InChI=1S/C27H33N5O2S/c1-7-12-32-25(24(17(2)3)29-26(34)21-10-8-18(4)9-11-21)30-31-27(32)35-16-23(33)28-22-14-19(5)13-20(6)15-22/h7-11,13-15,17,24H,1,12,16H2,2-6H3,(H,28,33)(H,29,34)/t24-/m1/s1. The van der Waals surface area contributed by atoms with Crippen molar-refractivity contribution in [3.63, 3.8) is 0 Å². The summed E-state index contributed by atoms with van der Waals surface area (Å²) in [5, 5.41) is 15.4. The number of carbonyl (C=O) groups is 2. The number of hydrogen-bond donors (Lipinski definition) is 2. The van der Waals surface area contributed by atoms with Gasteiger partial charge in [-0.15, -0.1) is 16.8 Å². The molecular weight excluding hydrogens is 458 g/mol. The lowest BCUT2D eigenvalue weighted by molar-refractivity contribution is -0.113. The van der Waals surface area contributed by atoms with E-state index in [1.165, 1.54) is 11.8 Å². The van der Waals surface area contributed by atoms with Crippen molar-refractivity contribution in [1.29, 1.82) is 0 Å². The van der Waals surface area contributed by atoms with Crippen molar-refractivity contribution in [3.8, 4) is 0 Å². The Bertz CT molecular complexity index is 1180. The maximum Gasteiger partial charge on any atom is 0.251 e. The number of thioether (sulfide) groups is 1. The predicted molar refractivity (Wildman–Crippen MR) is 142 cm³/mol. The fraction of sp³-hybridized carbons (Fsp3) is 0.333. The maximum absolute atomic E-state index is 12.9. The molecule has 3 aromatic rings. The summed E-state index contributed by atoms with van der Waals surface area (Å²) < 4.78 is 1.90. The van der Waals surface area contributed by atoms with Gasteiger partial charge in [0.15, 0.2) is 11.0 Å². The second kappa shape index (κ2) is 11.8. The zero-order valence-corrected chi connectivity index (χ0v) is 21.8. The Labute approximate surface area is 211 Å². The fourth-order valence-electron chi connectivity index (χ4n) is 3.77. The van der Waals surface area contributed by atoms with Crippen LogP contribution in [-0.4, -0.2) is 32.3 Å². The van der Waals surface area contributed by atoms with E-state index in [4.69, 9.17) is 0 Å². The van der Waals surface area contributed by atoms with Crippen LogP contribution in [0.5, 0.6) is 0 Å². The number of aromatic nitrogens is 3. The summed E-state index contributed by atoms with van der Waals surface area (Å²) in [6.07, 6.45) is 1.76. The van der Waals surface area contributed by atoms with Crippen LogP contribution < -0.4 is 10.6 Å². The smallest absolute Gasteiger partial charge is 0.251 e. The van der Waals surface area contributed by atoms with E-state index >= 15 is 0 Å². The Kier molecular flexibility index (Phi) is 8.87. The Balaban J connectivity index is 1.75. The van der Waals surface area contributed by atoms with Gasteiger partial charge in [0.2, 0.25) is 5.91 Å². The van der Waals surface area contributed by atoms with Gasteiger partial charge in [-0.2, -0.15) is 0 Å². The van der Waals surface area contributed by atoms with Gasteiger partial charge in [-0.25, -0.2) is 0 Å². The van der Waals surface area contributed by atoms with Gasteiger partial charge in [-0.3, -0.25) is 9.59 Å². The largest absolute Gasteiger partial charge is 0.342 e. The van der Waals surface area contributed by atoms with Crippen molar-refractivity contribution in [3.05, 3.63) is 83.2 Å². The van der Waals surface area contributed by atoms with Gasteiger partial charge in [0.05, 0.1) is 11.8 Å². The normalized spacial score (nSPS) is 11.8. The number of anilines is 1. The summed E-state index contributed by atoms with van der Waals surface area (Å²) in [5.74, 6) is 0.603. The third-order valence-corrected chi connectivity index (χ3v) is 6.41. The summed E-state index contributed by atoms with van der Waals surface area (Å²) in [4.78, 5) is 25.5. The molecule has 2 N–H and O–H groups in total. The van der Waals surface area contributed by atoms with Gasteiger partial charge in [0.1, 0.15) is 0 Å². The van der Waals surface area contributed by atoms with Crippen molar-refractivity contribution in [1.82, 2.24) is 20.1 Å². The molecule has 1 atom stereocenters. The van der Waals surface area contributed by atoms with Crippen molar-refractivity contribution in [2.45, 2.75) is 52.4 Å². The molecule has 0 fully saturated rings. The molecular formula is C27H33N5O2S. The topological polar surface area (TPSA) is 88.9 Å². The fourth-order valence-corrected chi connectivity index (χ4v) is 4.53. The molecule has 35 heavy (non-hydrogen) atoms. The minimum absolute atomic E-state index is 0.0721. The Hall–Kier alpha value is -3.39. The molecule has 2 aromatic carbocycles. The first-order valence-corrected chi connectivity index (χ1v) is 12.6. The summed E-state index contributed by atoms with van der Waals surface area (Å²) in [6, 6.07) is 13.0. The highest BCUT2D eigenvalue weighted by atomic mass is 32.2. The second-order valence-corrected chi connectivity index (χ2v) is 9.96. The van der Waals surface area contributed by atoms with E-state index in [-0.39, 0.29) is 29.5 Å². The molecule has 1 aromatic heterocycles. The maximum atomic E-state index is 12.9. The molecule has 2 amide bonds. The van der Waals surface area contributed by atoms with Crippen LogP contribution in [0.4, 0.5) is 5.69 Å². The molecule has 0 unspecified atom stereocenters. The molecule has 7 nitrogen and oxygen atoms in total. The van der Waals surface area contributed by atoms with E-state index in [0.29, 0.717) is 23.1 Å². The molecule has 0 saturated carbocycles. The Morgan fingerprint density at radius 3 is 2.29 bits per heavy atom. The predicted octanol–water partition coefficient (Wildman–Crippen LogP) is 5.25. The molecule has 0 aliphatic rings. The zero-order valence-electron chi connectivity index (χ0n) is 21.0. The number of rotatable bonds is 10. The summed E-state index contributed by atoms with van der Waals surface area (Å²) in [7, 11) is 0. The quantitative estimate of drug-likeness (QED) is 0.299. The lowest BCUT2D eigenvalue weighted by Crippen LogP contribution is -2.33. The monoisotopic (exact) mass is 491 g/mol. The van der Waals surface area contributed by atoms with Crippen LogP contribution in [0.1, 0.15) is 52.8 Å². The van der Waals surface area contributed by atoms with Gasteiger partial charge < -0.3 is 15.2 Å². The molecule has 0 saturated heterocycles. The molecule has 8 heteroatoms. The first-order chi connectivity index (χ1) is 16.7. The third kappa shape index (κ3) is 7.05. The first-order valence-electron chi connectivity index (χ1n) is 11.6. The molecule has 0 radical (unpaired) electrons. The molecule has 0 aliphatic heterocycles. The van der Waals surface area contributed by atoms with E-state index < -0.39 is 0 Å². The highest BCUT2D eigenvalue weighted by Crippen LogP contribution is 2.26. The Morgan fingerprint density at radius 2 is 1.69 bits per heavy atom. The lowest BCUT2D eigenvalue weighted by atomic mass is 10.0. The highest BCUT2D eigenvalue weighted by molar-refractivity contribution is 7.99. The number of nitrogens with one attached hydrogen (secondary N) is 2. The van der Waals surface area contributed by atoms with E-state index in [1.54, 1.807) is 6.08 Å². The summed E-state index contributed by atoms with van der Waals surface area (Å²) in [6.45, 7) is 14.4. The van der Waals surface area contributed by atoms with Crippen molar-refractivity contribution >= 4 is 29.3 Å². The van der Waals surface area contributed by atoms with Crippen LogP contribution in [0.2, 0.25) is 0 Å². The highest BCUT2D eigenvalue weighted by Gasteiger charge is 2.26. The van der Waals surface area contributed by atoms with Crippen LogP contribution in [0, 0.1) is 26.7 Å².